The summed E-state index contributed by atoms with van der Waals surface area (Å²) in [6, 6.07) is 0. The molecule has 0 bridgehead atoms. The molecular weight excluding hydrogens is 366 g/mol. The number of amides is 2. The van der Waals surface area contributed by atoms with Gasteiger partial charge in [-0.15, -0.1) is 0 Å². The lowest BCUT2D eigenvalue weighted by atomic mass is 9.60. The first-order chi connectivity index (χ1) is 12.8. The number of sulfone groups is 1. The van der Waals surface area contributed by atoms with Gasteiger partial charge in [-0.1, -0.05) is 12.8 Å². The number of carbonyl (C=O) groups excluding carboxylic acids is 2. The van der Waals surface area contributed by atoms with Crippen LogP contribution in [-0.2, 0) is 19.4 Å². The second-order valence-corrected chi connectivity index (χ2v) is 11.8. The van der Waals surface area contributed by atoms with Crippen molar-refractivity contribution in [2.45, 2.75) is 50.5 Å². The number of piperidine rings is 1. The van der Waals surface area contributed by atoms with Crippen LogP contribution in [-0.4, -0.2) is 79.8 Å². The zero-order chi connectivity index (χ0) is 18.9. The van der Waals surface area contributed by atoms with Crippen molar-refractivity contribution in [2.75, 3.05) is 44.2 Å². The van der Waals surface area contributed by atoms with Crippen LogP contribution in [0.3, 0.4) is 0 Å². The molecule has 4 heterocycles. The van der Waals surface area contributed by atoms with Gasteiger partial charge in [-0.05, 0) is 38.6 Å². The predicted molar refractivity (Wildman–Crippen MR) is 99.7 cm³/mol. The molecule has 27 heavy (non-hydrogen) atoms. The van der Waals surface area contributed by atoms with E-state index in [-0.39, 0.29) is 27.9 Å². The number of nitrogens with zero attached hydrogens (tertiary/aromatic N) is 2. The molecule has 8 heteroatoms. The molecule has 1 N–H and O–H groups in total. The third-order valence-corrected chi connectivity index (χ3v) is 10.2. The average Bonchev–Trinajstić information content (AvgIpc) is 3.04. The number of hydrogen-bond donors (Lipinski definition) is 1. The Bertz CT molecular complexity index is 753. The minimum atomic E-state index is -3.05. The quantitative estimate of drug-likeness (QED) is 0.591. The predicted octanol–water partition coefficient (Wildman–Crippen LogP) is 0.158. The molecule has 150 valence electrons. The van der Waals surface area contributed by atoms with Crippen LogP contribution in [0.25, 0.3) is 0 Å². The third-order valence-electron chi connectivity index (χ3n) is 8.25. The molecule has 0 aromatic rings. The van der Waals surface area contributed by atoms with Gasteiger partial charge in [-0.3, -0.25) is 9.59 Å². The maximum Gasteiger partial charge on any atom is 0.312 e. The summed E-state index contributed by atoms with van der Waals surface area (Å²) in [4.78, 5) is 29.2. The van der Waals surface area contributed by atoms with Gasteiger partial charge < -0.3 is 15.1 Å². The summed E-state index contributed by atoms with van der Waals surface area (Å²) < 4.78 is 24.7. The van der Waals surface area contributed by atoms with Crippen LogP contribution in [0.4, 0.5) is 0 Å². The fourth-order valence-electron chi connectivity index (χ4n) is 6.63. The van der Waals surface area contributed by atoms with Gasteiger partial charge in [-0.25, -0.2) is 8.42 Å². The highest BCUT2D eigenvalue weighted by Crippen LogP contribution is 2.60. The molecule has 5 aliphatic rings. The van der Waals surface area contributed by atoms with Gasteiger partial charge in [0.15, 0.2) is 9.84 Å². The van der Waals surface area contributed by atoms with E-state index in [0.717, 1.165) is 51.5 Å². The lowest BCUT2D eigenvalue weighted by Gasteiger charge is -2.48. The van der Waals surface area contributed by atoms with Gasteiger partial charge in [0, 0.05) is 42.5 Å². The van der Waals surface area contributed by atoms with Crippen LogP contribution in [0, 0.1) is 10.8 Å². The van der Waals surface area contributed by atoms with Crippen molar-refractivity contribution in [2.24, 2.45) is 10.8 Å². The van der Waals surface area contributed by atoms with Crippen LogP contribution in [0.1, 0.15) is 44.9 Å². The van der Waals surface area contributed by atoms with E-state index >= 15 is 0 Å². The van der Waals surface area contributed by atoms with Gasteiger partial charge in [0.25, 0.3) is 0 Å². The second-order valence-electron chi connectivity index (χ2n) is 9.71. The Balaban J connectivity index is 1.30. The molecule has 2 atom stereocenters. The number of rotatable bonds is 0. The van der Waals surface area contributed by atoms with Crippen LogP contribution < -0.4 is 5.32 Å². The van der Waals surface area contributed by atoms with Crippen LogP contribution in [0.2, 0.25) is 0 Å². The molecule has 5 rings (SSSR count). The lowest BCUT2D eigenvalue weighted by Crippen LogP contribution is -2.63. The maximum absolute atomic E-state index is 13.0. The number of hydrogen-bond acceptors (Lipinski definition) is 5. The van der Waals surface area contributed by atoms with Gasteiger partial charge in [0.1, 0.15) is 0 Å². The largest absolute Gasteiger partial charge is 0.334 e. The van der Waals surface area contributed by atoms with E-state index in [4.69, 9.17) is 0 Å². The highest BCUT2D eigenvalue weighted by atomic mass is 32.2. The van der Waals surface area contributed by atoms with Gasteiger partial charge in [0.05, 0.1) is 11.5 Å². The van der Waals surface area contributed by atoms with Crippen molar-refractivity contribution in [3.05, 3.63) is 0 Å². The molecule has 1 spiro atoms. The van der Waals surface area contributed by atoms with Crippen molar-refractivity contribution >= 4 is 21.7 Å². The summed E-state index contributed by atoms with van der Waals surface area (Å²) in [5, 5.41) is 3.48. The summed E-state index contributed by atoms with van der Waals surface area (Å²) in [7, 11) is -3.05. The molecule has 4 aliphatic heterocycles. The molecule has 0 aromatic heterocycles. The van der Waals surface area contributed by atoms with Crippen molar-refractivity contribution in [3.8, 4) is 0 Å². The standard InChI is InChI=1S/C19H29N3O4S/c23-15(21-9-6-19(7-10-21)5-8-20-19)16(24)22-11-17-3-1-2-4-18(17,12-22)14-27(25,26)13-17/h20H,1-14H2. The molecule has 1 saturated carbocycles. The first-order valence-corrected chi connectivity index (χ1v) is 12.1. The van der Waals surface area contributed by atoms with E-state index in [0.29, 0.717) is 26.2 Å². The monoisotopic (exact) mass is 395 g/mol. The Kier molecular flexibility index (Phi) is 3.77. The van der Waals surface area contributed by atoms with E-state index in [2.05, 4.69) is 5.32 Å². The minimum absolute atomic E-state index is 0.190. The Morgan fingerprint density at radius 1 is 0.778 bits per heavy atom. The van der Waals surface area contributed by atoms with E-state index in [1.165, 1.54) is 0 Å². The van der Waals surface area contributed by atoms with Gasteiger partial charge in [0.2, 0.25) is 0 Å². The SMILES string of the molecule is O=C(C(=O)N1CC23CCCCC2(C1)CS(=O)(=O)C3)N1CCC2(CCN2)CC1. The summed E-state index contributed by atoms with van der Waals surface area (Å²) in [5.41, 5.74) is -0.435. The molecule has 5 fully saturated rings. The Hall–Kier alpha value is -1.15. The molecule has 0 radical (unpaired) electrons. The lowest BCUT2D eigenvalue weighted by molar-refractivity contribution is -0.152. The zero-order valence-electron chi connectivity index (χ0n) is 15.8. The van der Waals surface area contributed by atoms with Crippen molar-refractivity contribution in [1.82, 2.24) is 15.1 Å². The highest BCUT2D eigenvalue weighted by molar-refractivity contribution is 7.91. The number of likely N-dealkylation sites (tertiary alicyclic amines) is 2. The second kappa shape index (κ2) is 5.69. The molecular formula is C19H29N3O4S. The van der Waals surface area contributed by atoms with Crippen LogP contribution in [0.5, 0.6) is 0 Å². The molecule has 4 saturated heterocycles. The Morgan fingerprint density at radius 2 is 1.30 bits per heavy atom. The minimum Gasteiger partial charge on any atom is -0.334 e. The third kappa shape index (κ3) is 2.58. The van der Waals surface area contributed by atoms with Gasteiger partial charge >= 0.3 is 11.8 Å². The number of nitrogens with one attached hydrogen (secondary N) is 1. The Morgan fingerprint density at radius 3 is 1.78 bits per heavy atom. The fourth-order valence-corrected chi connectivity index (χ4v) is 9.50. The van der Waals surface area contributed by atoms with Crippen LogP contribution >= 0.6 is 0 Å². The molecule has 7 nitrogen and oxygen atoms in total. The normalized spacial score (nSPS) is 39.0. The summed E-state index contributed by atoms with van der Waals surface area (Å²) in [6.45, 7) is 3.20. The first-order valence-electron chi connectivity index (χ1n) is 10.3. The van der Waals surface area contributed by atoms with E-state index < -0.39 is 21.7 Å². The topological polar surface area (TPSA) is 86.8 Å². The highest BCUT2D eigenvalue weighted by Gasteiger charge is 2.66. The summed E-state index contributed by atoms with van der Waals surface area (Å²) in [6.07, 6.45) is 6.76. The Labute approximate surface area is 160 Å². The van der Waals surface area contributed by atoms with Crippen molar-refractivity contribution in [3.63, 3.8) is 0 Å². The fraction of sp³-hybridized carbons (Fsp3) is 0.895. The van der Waals surface area contributed by atoms with E-state index in [9.17, 15) is 18.0 Å². The first kappa shape index (κ1) is 17.9. The maximum atomic E-state index is 13.0. The van der Waals surface area contributed by atoms with Crippen LogP contribution in [0.15, 0.2) is 0 Å². The number of carbonyl (C=O) groups is 2. The molecule has 2 amide bonds. The van der Waals surface area contributed by atoms with Crippen molar-refractivity contribution in [1.29, 1.82) is 0 Å². The summed E-state index contributed by atoms with van der Waals surface area (Å²) >= 11 is 0. The molecule has 1 aliphatic carbocycles. The zero-order valence-corrected chi connectivity index (χ0v) is 16.7. The van der Waals surface area contributed by atoms with Gasteiger partial charge in [-0.2, -0.15) is 0 Å². The molecule has 2 unspecified atom stereocenters. The molecule has 0 aromatic carbocycles. The van der Waals surface area contributed by atoms with E-state index in [1.54, 1.807) is 9.80 Å². The van der Waals surface area contributed by atoms with Crippen molar-refractivity contribution < 1.29 is 18.0 Å². The summed E-state index contributed by atoms with van der Waals surface area (Å²) in [5.74, 6) is -0.428. The van der Waals surface area contributed by atoms with E-state index in [1.807, 2.05) is 0 Å². The average molecular weight is 396 g/mol. The smallest absolute Gasteiger partial charge is 0.312 e.